The molecular formula is C18H12O3. The molecule has 0 fully saturated rings. The lowest BCUT2D eigenvalue weighted by Gasteiger charge is -2.14. The van der Waals surface area contributed by atoms with Crippen LogP contribution < -0.4 is 0 Å². The molecule has 2 aromatic rings. The van der Waals surface area contributed by atoms with Crippen molar-refractivity contribution >= 4 is 17.3 Å². The van der Waals surface area contributed by atoms with Gasteiger partial charge in [-0.2, -0.15) is 0 Å². The van der Waals surface area contributed by atoms with Gasteiger partial charge < -0.3 is 0 Å². The lowest BCUT2D eigenvalue weighted by molar-refractivity contribution is 0.0934. The first-order chi connectivity index (χ1) is 10.1. The molecule has 0 amide bonds. The van der Waals surface area contributed by atoms with E-state index in [9.17, 15) is 14.4 Å². The first-order valence-electron chi connectivity index (χ1n) is 6.59. The predicted octanol–water partition coefficient (Wildman–Crippen LogP) is 3.18. The number of Topliss-reactive ketones (excluding diaryl/α,β-unsaturated/α-hetero) is 2. The zero-order valence-corrected chi connectivity index (χ0v) is 11.4. The quantitative estimate of drug-likeness (QED) is 0.625. The number of hydrogen-bond donors (Lipinski definition) is 0. The van der Waals surface area contributed by atoms with Gasteiger partial charge in [0.15, 0.2) is 17.3 Å². The van der Waals surface area contributed by atoms with Crippen LogP contribution in [0, 0.1) is 6.92 Å². The summed E-state index contributed by atoms with van der Waals surface area (Å²) in [5.74, 6) is -1.11. The first-order valence-corrected chi connectivity index (χ1v) is 6.59. The Hall–Kier alpha value is -2.81. The molecule has 3 rings (SSSR count). The minimum absolute atomic E-state index is 0.0671. The van der Waals surface area contributed by atoms with Gasteiger partial charge in [0.1, 0.15) is 0 Å². The molecule has 1 aliphatic rings. The van der Waals surface area contributed by atoms with Crippen LogP contribution in [0.1, 0.15) is 36.6 Å². The number of ketones is 3. The van der Waals surface area contributed by atoms with Crippen LogP contribution in [0.3, 0.4) is 0 Å². The van der Waals surface area contributed by atoms with Crippen LogP contribution in [0.25, 0.3) is 0 Å². The summed E-state index contributed by atoms with van der Waals surface area (Å²) in [7, 11) is 0. The van der Waals surface area contributed by atoms with Crippen LogP contribution in [-0.2, 0) is 0 Å². The minimum atomic E-state index is -0.414. The average molecular weight is 276 g/mol. The lowest BCUT2D eigenvalue weighted by Crippen LogP contribution is -2.22. The third-order valence-corrected chi connectivity index (χ3v) is 3.52. The summed E-state index contributed by atoms with van der Waals surface area (Å²) in [6, 6.07) is 13.5. The van der Waals surface area contributed by atoms with Gasteiger partial charge in [-0.1, -0.05) is 54.1 Å². The molecule has 0 atom stereocenters. The maximum absolute atomic E-state index is 12.4. The maximum atomic E-state index is 12.4. The van der Waals surface area contributed by atoms with E-state index in [0.717, 1.165) is 11.6 Å². The van der Waals surface area contributed by atoms with E-state index in [1.54, 1.807) is 48.5 Å². The number of carbonyl (C=O) groups is 3. The SMILES string of the molecule is Cc1ccc(C(=O)C2=CC(=O)c3ccccc3C2=O)cc1. The van der Waals surface area contributed by atoms with E-state index in [-0.39, 0.29) is 11.4 Å². The van der Waals surface area contributed by atoms with Crippen molar-refractivity contribution in [3.05, 3.63) is 82.4 Å². The Morgan fingerprint density at radius 3 is 2.14 bits per heavy atom. The fraction of sp³-hybridized carbons (Fsp3) is 0.0556. The Labute approximate surface area is 121 Å². The summed E-state index contributed by atoms with van der Waals surface area (Å²) in [6.45, 7) is 1.92. The molecular weight excluding hydrogens is 264 g/mol. The second-order valence-corrected chi connectivity index (χ2v) is 4.99. The maximum Gasteiger partial charge on any atom is 0.197 e. The monoisotopic (exact) mass is 276 g/mol. The highest BCUT2D eigenvalue weighted by Gasteiger charge is 2.29. The fourth-order valence-electron chi connectivity index (χ4n) is 2.34. The highest BCUT2D eigenvalue weighted by atomic mass is 16.2. The van der Waals surface area contributed by atoms with E-state index >= 15 is 0 Å². The van der Waals surface area contributed by atoms with Crippen molar-refractivity contribution in [2.24, 2.45) is 0 Å². The van der Waals surface area contributed by atoms with E-state index in [2.05, 4.69) is 0 Å². The van der Waals surface area contributed by atoms with Crippen LogP contribution in [0.4, 0.5) is 0 Å². The molecule has 0 N–H and O–H groups in total. The third-order valence-electron chi connectivity index (χ3n) is 3.52. The Morgan fingerprint density at radius 1 is 0.857 bits per heavy atom. The fourth-order valence-corrected chi connectivity index (χ4v) is 2.34. The molecule has 0 unspecified atom stereocenters. The molecule has 0 spiro atoms. The summed E-state index contributed by atoms with van der Waals surface area (Å²) in [6.07, 6.45) is 1.15. The topological polar surface area (TPSA) is 51.2 Å². The van der Waals surface area contributed by atoms with Crippen molar-refractivity contribution in [3.63, 3.8) is 0 Å². The van der Waals surface area contributed by atoms with E-state index < -0.39 is 11.6 Å². The van der Waals surface area contributed by atoms with E-state index in [4.69, 9.17) is 0 Å². The largest absolute Gasteiger partial charge is 0.289 e. The van der Waals surface area contributed by atoms with Crippen molar-refractivity contribution in [2.45, 2.75) is 6.92 Å². The van der Waals surface area contributed by atoms with Crippen molar-refractivity contribution in [3.8, 4) is 0 Å². The first kappa shape index (κ1) is 13.2. The number of allylic oxidation sites excluding steroid dienone is 2. The summed E-state index contributed by atoms with van der Waals surface area (Å²) < 4.78 is 0. The van der Waals surface area contributed by atoms with Crippen LogP contribution in [0.15, 0.2) is 60.2 Å². The molecule has 3 heteroatoms. The van der Waals surface area contributed by atoms with Gasteiger partial charge in [0, 0.05) is 22.8 Å². The number of benzene rings is 2. The number of fused-ring (bicyclic) bond motifs is 1. The summed E-state index contributed by atoms with van der Waals surface area (Å²) >= 11 is 0. The molecule has 0 radical (unpaired) electrons. The molecule has 3 nitrogen and oxygen atoms in total. The lowest BCUT2D eigenvalue weighted by atomic mass is 9.86. The van der Waals surface area contributed by atoms with Gasteiger partial charge in [0.05, 0.1) is 5.57 Å². The van der Waals surface area contributed by atoms with E-state index in [1.165, 1.54) is 0 Å². The van der Waals surface area contributed by atoms with Gasteiger partial charge >= 0.3 is 0 Å². The second kappa shape index (κ2) is 4.94. The Morgan fingerprint density at radius 2 is 1.48 bits per heavy atom. The van der Waals surface area contributed by atoms with Crippen molar-refractivity contribution < 1.29 is 14.4 Å². The number of hydrogen-bond acceptors (Lipinski definition) is 3. The third kappa shape index (κ3) is 2.23. The van der Waals surface area contributed by atoms with Crippen molar-refractivity contribution in [1.82, 2.24) is 0 Å². The number of aryl methyl sites for hydroxylation is 1. The summed E-state index contributed by atoms with van der Waals surface area (Å²) in [5.41, 5.74) is 2.01. The van der Waals surface area contributed by atoms with Gasteiger partial charge in [-0.05, 0) is 6.92 Å². The van der Waals surface area contributed by atoms with E-state index in [1.807, 2.05) is 6.92 Å². The molecule has 2 aromatic carbocycles. The zero-order valence-electron chi connectivity index (χ0n) is 11.4. The number of carbonyl (C=O) groups excluding carboxylic acids is 3. The molecule has 0 bridgehead atoms. The molecule has 102 valence electrons. The standard InChI is InChI=1S/C18H12O3/c1-11-6-8-12(9-7-11)17(20)15-10-16(19)13-4-2-3-5-14(13)18(15)21/h2-10H,1H3. The van der Waals surface area contributed by atoms with Gasteiger partial charge in [0.25, 0.3) is 0 Å². The Bertz CT molecular complexity index is 795. The molecule has 0 aliphatic heterocycles. The molecule has 1 aliphatic carbocycles. The highest BCUT2D eigenvalue weighted by molar-refractivity contribution is 6.37. The van der Waals surface area contributed by atoms with Gasteiger partial charge in [-0.15, -0.1) is 0 Å². The van der Waals surface area contributed by atoms with Crippen LogP contribution >= 0.6 is 0 Å². The van der Waals surface area contributed by atoms with Crippen LogP contribution in [-0.4, -0.2) is 17.3 Å². The van der Waals surface area contributed by atoms with Crippen LogP contribution in [0.2, 0.25) is 0 Å². The molecule has 21 heavy (non-hydrogen) atoms. The van der Waals surface area contributed by atoms with Gasteiger partial charge in [0.2, 0.25) is 0 Å². The summed E-state index contributed by atoms with van der Waals surface area (Å²) in [4.78, 5) is 36.9. The zero-order chi connectivity index (χ0) is 15.0. The minimum Gasteiger partial charge on any atom is -0.289 e. The molecule has 0 aromatic heterocycles. The second-order valence-electron chi connectivity index (χ2n) is 4.99. The predicted molar refractivity (Wildman–Crippen MR) is 78.7 cm³/mol. The normalized spacial score (nSPS) is 13.7. The Balaban J connectivity index is 2.04. The van der Waals surface area contributed by atoms with Crippen molar-refractivity contribution in [2.75, 3.05) is 0 Å². The highest BCUT2D eigenvalue weighted by Crippen LogP contribution is 2.23. The summed E-state index contributed by atoms with van der Waals surface area (Å²) in [5, 5.41) is 0. The van der Waals surface area contributed by atoms with Crippen LogP contribution in [0.5, 0.6) is 0 Å². The van der Waals surface area contributed by atoms with Gasteiger partial charge in [-0.25, -0.2) is 0 Å². The Kier molecular flexibility index (Phi) is 3.10. The molecule has 0 saturated carbocycles. The smallest absolute Gasteiger partial charge is 0.197 e. The average Bonchev–Trinajstić information content (AvgIpc) is 2.51. The van der Waals surface area contributed by atoms with Gasteiger partial charge in [-0.3, -0.25) is 14.4 Å². The van der Waals surface area contributed by atoms with Crippen molar-refractivity contribution in [1.29, 1.82) is 0 Å². The van der Waals surface area contributed by atoms with E-state index in [0.29, 0.717) is 16.7 Å². The molecule has 0 heterocycles. The molecule has 0 saturated heterocycles. The number of rotatable bonds is 2.